The number of phenols is 1. The minimum atomic E-state index is -0.557. The molecule has 2 nitrogen and oxygen atoms in total. The number of nitriles is 1. The molecule has 1 fully saturated rings. The molecular weight excluding hydrogens is 249 g/mol. The molecule has 1 aromatic rings. The van der Waals surface area contributed by atoms with Crippen LogP contribution in [0, 0.1) is 17.1 Å². The Labute approximate surface area is 89.1 Å². The Balaban J connectivity index is 2.53. The van der Waals surface area contributed by atoms with Gasteiger partial charge in [0.05, 0.1) is 16.0 Å². The van der Waals surface area contributed by atoms with E-state index in [-0.39, 0.29) is 10.2 Å². The minimum absolute atomic E-state index is 0.0509. The van der Waals surface area contributed by atoms with Gasteiger partial charge in [0.1, 0.15) is 11.6 Å². The van der Waals surface area contributed by atoms with Crippen molar-refractivity contribution >= 4 is 15.9 Å². The average Bonchev–Trinajstić information content (AvgIpc) is 2.94. The molecule has 1 aromatic carbocycles. The predicted octanol–water partition coefficient (Wildman–Crippen LogP) is 2.85. The summed E-state index contributed by atoms with van der Waals surface area (Å²) in [5.41, 5.74) is 0.0113. The smallest absolute Gasteiger partial charge is 0.141 e. The lowest BCUT2D eigenvalue weighted by atomic mass is 9.97. The summed E-state index contributed by atoms with van der Waals surface area (Å²) in [5.74, 6) is -0.678. The Morgan fingerprint density at radius 2 is 2.14 bits per heavy atom. The van der Waals surface area contributed by atoms with Gasteiger partial charge in [0, 0.05) is 0 Å². The lowest BCUT2D eigenvalue weighted by molar-refractivity contribution is 0.462. The highest BCUT2D eigenvalue weighted by atomic mass is 79.9. The second-order valence-electron chi connectivity index (χ2n) is 3.49. The third-order valence-electron chi connectivity index (χ3n) is 2.53. The molecule has 0 bridgehead atoms. The minimum Gasteiger partial charge on any atom is -0.507 e. The van der Waals surface area contributed by atoms with Gasteiger partial charge in [-0.3, -0.25) is 0 Å². The van der Waals surface area contributed by atoms with Crippen LogP contribution < -0.4 is 0 Å². The van der Waals surface area contributed by atoms with Crippen LogP contribution in [0.15, 0.2) is 16.6 Å². The van der Waals surface area contributed by atoms with Crippen molar-refractivity contribution in [2.75, 3.05) is 0 Å². The van der Waals surface area contributed by atoms with E-state index >= 15 is 0 Å². The van der Waals surface area contributed by atoms with Crippen molar-refractivity contribution in [2.45, 2.75) is 18.3 Å². The number of hydrogen-bond donors (Lipinski definition) is 1. The predicted molar refractivity (Wildman–Crippen MR) is 52.3 cm³/mol. The number of rotatable bonds is 1. The molecule has 1 aliphatic carbocycles. The molecule has 2 rings (SSSR count). The monoisotopic (exact) mass is 255 g/mol. The quantitative estimate of drug-likeness (QED) is 0.839. The van der Waals surface area contributed by atoms with Crippen LogP contribution in [0.5, 0.6) is 5.75 Å². The van der Waals surface area contributed by atoms with Crippen LogP contribution in [0.3, 0.4) is 0 Å². The summed E-state index contributed by atoms with van der Waals surface area (Å²) in [5, 5.41) is 18.3. The van der Waals surface area contributed by atoms with E-state index in [2.05, 4.69) is 22.0 Å². The van der Waals surface area contributed by atoms with E-state index in [1.54, 1.807) is 0 Å². The molecule has 1 saturated carbocycles. The molecular formula is C10H7BrFNO. The molecule has 0 unspecified atom stereocenters. The van der Waals surface area contributed by atoms with Crippen molar-refractivity contribution in [1.82, 2.24) is 0 Å². The van der Waals surface area contributed by atoms with Gasteiger partial charge in [0.15, 0.2) is 0 Å². The molecule has 0 heterocycles. The van der Waals surface area contributed by atoms with Crippen LogP contribution in [0.2, 0.25) is 0 Å². The van der Waals surface area contributed by atoms with E-state index in [1.165, 1.54) is 12.1 Å². The molecule has 0 aromatic heterocycles. The Hall–Kier alpha value is -1.08. The molecule has 0 radical (unpaired) electrons. The van der Waals surface area contributed by atoms with E-state index in [0.717, 1.165) is 12.8 Å². The lowest BCUT2D eigenvalue weighted by Gasteiger charge is -2.08. The van der Waals surface area contributed by atoms with Gasteiger partial charge in [0.25, 0.3) is 0 Å². The first kappa shape index (κ1) is 9.47. The third kappa shape index (κ3) is 1.28. The van der Waals surface area contributed by atoms with E-state index < -0.39 is 11.2 Å². The fourth-order valence-electron chi connectivity index (χ4n) is 1.44. The molecule has 0 atom stereocenters. The van der Waals surface area contributed by atoms with Gasteiger partial charge in [-0.15, -0.1) is 0 Å². The molecule has 4 heteroatoms. The summed E-state index contributed by atoms with van der Waals surface area (Å²) < 4.78 is 13.3. The summed E-state index contributed by atoms with van der Waals surface area (Å²) in [7, 11) is 0. The zero-order valence-electron chi connectivity index (χ0n) is 7.22. The SMILES string of the molecule is N#CC1(c2cc(O)c(Br)c(F)c2)CC1. The van der Waals surface area contributed by atoms with Crippen LogP contribution in [0.1, 0.15) is 18.4 Å². The van der Waals surface area contributed by atoms with Crippen LogP contribution in [0.25, 0.3) is 0 Å². The lowest BCUT2D eigenvalue weighted by Crippen LogP contribution is -2.03. The van der Waals surface area contributed by atoms with Gasteiger partial charge in [-0.25, -0.2) is 4.39 Å². The van der Waals surface area contributed by atoms with Crippen molar-refractivity contribution in [3.8, 4) is 11.8 Å². The molecule has 1 aliphatic rings. The highest BCUT2D eigenvalue weighted by molar-refractivity contribution is 9.10. The molecule has 0 saturated heterocycles. The summed E-state index contributed by atoms with van der Waals surface area (Å²) in [6.45, 7) is 0. The number of aromatic hydroxyl groups is 1. The third-order valence-corrected chi connectivity index (χ3v) is 3.31. The first-order valence-corrected chi connectivity index (χ1v) is 4.98. The van der Waals surface area contributed by atoms with Gasteiger partial charge < -0.3 is 5.11 Å². The Bertz CT molecular complexity index is 411. The van der Waals surface area contributed by atoms with Gasteiger partial charge >= 0.3 is 0 Å². The van der Waals surface area contributed by atoms with E-state index in [4.69, 9.17) is 5.26 Å². The first-order chi connectivity index (χ1) is 6.59. The van der Waals surface area contributed by atoms with Crippen molar-refractivity contribution in [3.05, 3.63) is 28.0 Å². The second kappa shape index (κ2) is 2.96. The summed E-state index contributed by atoms with van der Waals surface area (Å²) in [6.07, 6.45) is 1.48. The standard InChI is InChI=1S/C10H7BrFNO/c11-9-7(12)3-6(4-8(9)14)10(5-13)1-2-10/h3-4,14H,1-2H2. The number of benzene rings is 1. The molecule has 1 N–H and O–H groups in total. The van der Waals surface area contributed by atoms with E-state index in [9.17, 15) is 9.50 Å². The maximum Gasteiger partial charge on any atom is 0.141 e. The first-order valence-electron chi connectivity index (χ1n) is 4.19. The molecule has 0 amide bonds. The fraction of sp³-hybridized carbons (Fsp3) is 0.300. The largest absolute Gasteiger partial charge is 0.507 e. The fourth-order valence-corrected chi connectivity index (χ4v) is 1.67. The summed E-state index contributed by atoms with van der Waals surface area (Å²) >= 11 is 2.91. The molecule has 0 aliphatic heterocycles. The topological polar surface area (TPSA) is 44.0 Å². The van der Waals surface area contributed by atoms with Crippen molar-refractivity contribution in [2.24, 2.45) is 0 Å². The van der Waals surface area contributed by atoms with Crippen molar-refractivity contribution in [1.29, 1.82) is 5.26 Å². The molecule has 0 spiro atoms. The number of hydrogen-bond acceptors (Lipinski definition) is 2. The number of halogens is 2. The summed E-state index contributed by atoms with van der Waals surface area (Å²) in [4.78, 5) is 0. The Morgan fingerprint density at radius 1 is 1.50 bits per heavy atom. The van der Waals surface area contributed by atoms with Crippen molar-refractivity contribution in [3.63, 3.8) is 0 Å². The van der Waals surface area contributed by atoms with E-state index in [0.29, 0.717) is 5.56 Å². The Morgan fingerprint density at radius 3 is 2.57 bits per heavy atom. The maximum atomic E-state index is 13.2. The molecule has 14 heavy (non-hydrogen) atoms. The Kier molecular flexibility index (Phi) is 2.00. The van der Waals surface area contributed by atoms with Crippen LogP contribution >= 0.6 is 15.9 Å². The van der Waals surface area contributed by atoms with E-state index in [1.807, 2.05) is 0 Å². The average molecular weight is 256 g/mol. The number of nitrogens with zero attached hydrogens (tertiary/aromatic N) is 1. The maximum absolute atomic E-state index is 13.2. The molecule has 72 valence electrons. The van der Waals surface area contributed by atoms with Crippen LogP contribution in [-0.2, 0) is 5.41 Å². The van der Waals surface area contributed by atoms with Gasteiger partial charge in [-0.1, -0.05) is 0 Å². The normalized spacial score (nSPS) is 17.5. The van der Waals surface area contributed by atoms with Crippen molar-refractivity contribution < 1.29 is 9.50 Å². The zero-order chi connectivity index (χ0) is 10.3. The highest BCUT2D eigenvalue weighted by Crippen LogP contribution is 2.49. The number of phenolic OH excluding ortho intramolecular Hbond substituents is 1. The van der Waals surface area contributed by atoms with Gasteiger partial charge in [-0.05, 0) is 46.5 Å². The van der Waals surface area contributed by atoms with Crippen LogP contribution in [0.4, 0.5) is 4.39 Å². The van der Waals surface area contributed by atoms with Crippen LogP contribution in [-0.4, -0.2) is 5.11 Å². The zero-order valence-corrected chi connectivity index (χ0v) is 8.81. The second-order valence-corrected chi connectivity index (χ2v) is 4.28. The highest BCUT2D eigenvalue weighted by Gasteiger charge is 2.45. The van der Waals surface area contributed by atoms with Gasteiger partial charge in [0.2, 0.25) is 0 Å². The van der Waals surface area contributed by atoms with Gasteiger partial charge in [-0.2, -0.15) is 5.26 Å². The summed E-state index contributed by atoms with van der Waals surface area (Å²) in [6, 6.07) is 4.90.